The Balaban J connectivity index is 1.84. The van der Waals surface area contributed by atoms with Crippen LogP contribution in [-0.2, 0) is 4.74 Å². The number of aromatic nitrogens is 3. The number of rotatable bonds is 3. The van der Waals surface area contributed by atoms with Gasteiger partial charge >= 0.3 is 5.97 Å². The van der Waals surface area contributed by atoms with Gasteiger partial charge in [-0.2, -0.15) is 0 Å². The number of imidazole rings is 1. The maximum Gasteiger partial charge on any atom is 0.339 e. The molecule has 0 saturated carbocycles. The third-order valence-electron chi connectivity index (χ3n) is 4.10. The summed E-state index contributed by atoms with van der Waals surface area (Å²) in [5.41, 5.74) is 1.31. The van der Waals surface area contributed by atoms with Gasteiger partial charge in [0.05, 0.1) is 25.1 Å². The van der Waals surface area contributed by atoms with Gasteiger partial charge in [0.1, 0.15) is 11.4 Å². The predicted molar refractivity (Wildman–Crippen MR) is 88.4 cm³/mol. The van der Waals surface area contributed by atoms with E-state index in [9.17, 15) is 14.3 Å². The van der Waals surface area contributed by atoms with Crippen LogP contribution in [0.4, 0.5) is 10.2 Å². The number of hydrogen-bond acceptors (Lipinski definition) is 5. The Morgan fingerprint density at radius 3 is 2.76 bits per heavy atom. The molecule has 8 heteroatoms. The zero-order valence-corrected chi connectivity index (χ0v) is 13.2. The molecule has 128 valence electrons. The van der Waals surface area contributed by atoms with Crippen molar-refractivity contribution in [2.75, 3.05) is 31.2 Å². The zero-order valence-electron chi connectivity index (χ0n) is 13.2. The summed E-state index contributed by atoms with van der Waals surface area (Å²) in [6.45, 7) is 2.42. The van der Waals surface area contributed by atoms with Gasteiger partial charge < -0.3 is 14.7 Å². The smallest absolute Gasteiger partial charge is 0.339 e. The molecule has 1 aromatic carbocycles. The van der Waals surface area contributed by atoms with Crippen LogP contribution in [-0.4, -0.2) is 52.0 Å². The van der Waals surface area contributed by atoms with Crippen LogP contribution in [0.1, 0.15) is 10.4 Å². The van der Waals surface area contributed by atoms with Crippen molar-refractivity contribution in [2.24, 2.45) is 0 Å². The van der Waals surface area contributed by atoms with E-state index in [1.165, 1.54) is 22.7 Å². The molecule has 0 bridgehead atoms. The van der Waals surface area contributed by atoms with Crippen molar-refractivity contribution in [2.45, 2.75) is 0 Å². The van der Waals surface area contributed by atoms with Crippen LogP contribution < -0.4 is 4.90 Å². The van der Waals surface area contributed by atoms with E-state index in [2.05, 4.69) is 10.1 Å². The number of carboxylic acids is 1. The van der Waals surface area contributed by atoms with E-state index in [-0.39, 0.29) is 17.0 Å². The van der Waals surface area contributed by atoms with E-state index in [0.29, 0.717) is 43.4 Å². The molecule has 4 rings (SSSR count). The molecular formula is C17H15FN4O3. The minimum atomic E-state index is -1.08. The van der Waals surface area contributed by atoms with Crippen LogP contribution in [0.2, 0.25) is 0 Å². The van der Waals surface area contributed by atoms with E-state index in [4.69, 9.17) is 4.74 Å². The number of benzene rings is 1. The number of anilines is 1. The van der Waals surface area contributed by atoms with Crippen molar-refractivity contribution < 1.29 is 19.0 Å². The van der Waals surface area contributed by atoms with E-state index in [1.54, 1.807) is 18.3 Å². The largest absolute Gasteiger partial charge is 0.478 e. The van der Waals surface area contributed by atoms with Gasteiger partial charge in [-0.25, -0.2) is 18.7 Å². The first-order chi connectivity index (χ1) is 12.1. The summed E-state index contributed by atoms with van der Waals surface area (Å²) in [5, 5.41) is 14.0. The summed E-state index contributed by atoms with van der Waals surface area (Å²) < 4.78 is 20.2. The highest BCUT2D eigenvalue weighted by molar-refractivity contribution is 5.95. The molecule has 1 saturated heterocycles. The summed E-state index contributed by atoms with van der Waals surface area (Å²) in [5.74, 6) is -0.912. The number of ether oxygens (including phenoxy) is 1. The lowest BCUT2D eigenvalue weighted by atomic mass is 10.2. The minimum Gasteiger partial charge on any atom is -0.478 e. The molecule has 3 aromatic rings. The molecule has 3 heterocycles. The molecule has 7 nitrogen and oxygen atoms in total. The second kappa shape index (κ2) is 6.14. The number of fused-ring (bicyclic) bond motifs is 1. The Morgan fingerprint density at radius 2 is 2.04 bits per heavy atom. The second-order valence-electron chi connectivity index (χ2n) is 5.73. The molecule has 0 spiro atoms. The fraction of sp³-hybridized carbons (Fsp3) is 0.235. The molecule has 0 amide bonds. The molecule has 1 aliphatic heterocycles. The Labute approximate surface area is 142 Å². The topological polar surface area (TPSA) is 80.0 Å². The molecule has 1 fully saturated rings. The van der Waals surface area contributed by atoms with Gasteiger partial charge in [-0.05, 0) is 12.1 Å². The summed E-state index contributed by atoms with van der Waals surface area (Å²) in [6, 6.07) is 7.51. The van der Waals surface area contributed by atoms with Crippen LogP contribution in [0, 0.1) is 5.82 Å². The molecule has 0 unspecified atom stereocenters. The van der Waals surface area contributed by atoms with Crippen molar-refractivity contribution >= 4 is 17.4 Å². The maximum atomic E-state index is 13.5. The number of carboxylic acid groups (broad SMARTS) is 1. The van der Waals surface area contributed by atoms with Crippen molar-refractivity contribution in [3.63, 3.8) is 0 Å². The van der Waals surface area contributed by atoms with Gasteiger partial charge in [0, 0.05) is 24.7 Å². The Kier molecular flexibility index (Phi) is 3.81. The third kappa shape index (κ3) is 2.91. The van der Waals surface area contributed by atoms with Crippen LogP contribution in [0.5, 0.6) is 0 Å². The SMILES string of the molecule is O=C(O)c1cc(N2CCOCC2)nn2cc(-c3cccc(F)c3)nc12. The number of halogens is 1. The van der Waals surface area contributed by atoms with Crippen LogP contribution in [0.15, 0.2) is 36.5 Å². The van der Waals surface area contributed by atoms with Gasteiger partial charge in [-0.1, -0.05) is 12.1 Å². The standard InChI is InChI=1S/C17H15FN4O3/c18-12-3-1-2-11(8-12)14-10-22-16(19-14)13(17(23)24)9-15(20-22)21-4-6-25-7-5-21/h1-3,8-10H,4-7H2,(H,23,24). The Morgan fingerprint density at radius 1 is 1.24 bits per heavy atom. The highest BCUT2D eigenvalue weighted by Crippen LogP contribution is 2.24. The van der Waals surface area contributed by atoms with Crippen LogP contribution >= 0.6 is 0 Å². The van der Waals surface area contributed by atoms with Gasteiger partial charge in [0.2, 0.25) is 0 Å². The zero-order chi connectivity index (χ0) is 17.4. The van der Waals surface area contributed by atoms with Crippen molar-refractivity contribution in [3.8, 4) is 11.3 Å². The molecule has 2 aromatic heterocycles. The molecule has 1 aliphatic rings. The van der Waals surface area contributed by atoms with E-state index < -0.39 is 5.97 Å². The van der Waals surface area contributed by atoms with Gasteiger partial charge in [-0.15, -0.1) is 5.10 Å². The van der Waals surface area contributed by atoms with Gasteiger partial charge in [0.15, 0.2) is 11.5 Å². The van der Waals surface area contributed by atoms with E-state index in [0.717, 1.165) is 0 Å². The maximum absolute atomic E-state index is 13.5. The molecule has 25 heavy (non-hydrogen) atoms. The summed E-state index contributed by atoms with van der Waals surface area (Å²) >= 11 is 0. The summed E-state index contributed by atoms with van der Waals surface area (Å²) in [4.78, 5) is 18.0. The number of morpholine rings is 1. The van der Waals surface area contributed by atoms with Crippen LogP contribution in [0.25, 0.3) is 16.9 Å². The first-order valence-electron chi connectivity index (χ1n) is 7.84. The number of hydrogen-bond donors (Lipinski definition) is 1. The quantitative estimate of drug-likeness (QED) is 0.785. The van der Waals surface area contributed by atoms with Crippen molar-refractivity contribution in [3.05, 3.63) is 47.9 Å². The first-order valence-corrected chi connectivity index (χ1v) is 7.84. The lowest BCUT2D eigenvalue weighted by molar-refractivity contribution is 0.0698. The molecule has 0 atom stereocenters. The second-order valence-corrected chi connectivity index (χ2v) is 5.73. The highest BCUT2D eigenvalue weighted by atomic mass is 19.1. The van der Waals surface area contributed by atoms with Gasteiger partial charge in [0.25, 0.3) is 0 Å². The lowest BCUT2D eigenvalue weighted by Gasteiger charge is -2.27. The molecular weight excluding hydrogens is 327 g/mol. The average molecular weight is 342 g/mol. The monoisotopic (exact) mass is 342 g/mol. The normalized spacial score (nSPS) is 14.8. The first kappa shape index (κ1) is 15.5. The number of nitrogens with zero attached hydrogens (tertiary/aromatic N) is 4. The Bertz CT molecular complexity index is 950. The Hall–Kier alpha value is -3.00. The number of carbonyl (C=O) groups is 1. The molecule has 0 radical (unpaired) electrons. The summed E-state index contributed by atoms with van der Waals surface area (Å²) in [6.07, 6.45) is 1.61. The van der Waals surface area contributed by atoms with Crippen molar-refractivity contribution in [1.82, 2.24) is 14.6 Å². The molecule has 0 aliphatic carbocycles. The van der Waals surface area contributed by atoms with E-state index >= 15 is 0 Å². The predicted octanol–water partition coefficient (Wildman–Crippen LogP) is 2.07. The highest BCUT2D eigenvalue weighted by Gasteiger charge is 2.20. The summed E-state index contributed by atoms with van der Waals surface area (Å²) in [7, 11) is 0. The number of aromatic carboxylic acids is 1. The lowest BCUT2D eigenvalue weighted by Crippen LogP contribution is -2.37. The minimum absolute atomic E-state index is 0.0548. The fourth-order valence-electron chi connectivity index (χ4n) is 2.86. The third-order valence-corrected chi connectivity index (χ3v) is 4.10. The van der Waals surface area contributed by atoms with Crippen LogP contribution in [0.3, 0.4) is 0 Å². The molecule has 1 N–H and O–H groups in total. The average Bonchev–Trinajstić information content (AvgIpc) is 3.05. The fourth-order valence-corrected chi connectivity index (χ4v) is 2.86. The van der Waals surface area contributed by atoms with Crippen molar-refractivity contribution in [1.29, 1.82) is 0 Å². The van der Waals surface area contributed by atoms with E-state index in [1.807, 2.05) is 4.90 Å². The van der Waals surface area contributed by atoms with Gasteiger partial charge in [-0.3, -0.25) is 0 Å².